The van der Waals surface area contributed by atoms with Crippen LogP contribution in [0.4, 0.5) is 0 Å². The summed E-state index contributed by atoms with van der Waals surface area (Å²) in [4.78, 5) is 5.19. The minimum absolute atomic E-state index is 0.167. The van der Waals surface area contributed by atoms with Crippen molar-refractivity contribution in [3.05, 3.63) is 47.3 Å². The zero-order chi connectivity index (χ0) is 22.8. The summed E-state index contributed by atoms with van der Waals surface area (Å²) >= 11 is 0. The molecule has 1 aromatic heterocycles. The number of hydrogen-bond donors (Lipinski definition) is 2. The molecule has 3 fully saturated rings. The quantitative estimate of drug-likeness (QED) is 0.733. The highest BCUT2D eigenvalue weighted by atomic mass is 16.3. The van der Waals surface area contributed by atoms with Crippen molar-refractivity contribution in [3.8, 4) is 5.75 Å². The summed E-state index contributed by atoms with van der Waals surface area (Å²) in [5, 5.41) is 27.6. The molecule has 6 rings (SSSR count). The van der Waals surface area contributed by atoms with Crippen LogP contribution < -0.4 is 0 Å². The molecule has 0 amide bonds. The summed E-state index contributed by atoms with van der Waals surface area (Å²) in [7, 11) is 0. The minimum Gasteiger partial charge on any atom is -0.508 e. The van der Waals surface area contributed by atoms with Crippen molar-refractivity contribution in [1.29, 1.82) is 0 Å². The van der Waals surface area contributed by atoms with Crippen LogP contribution in [0.1, 0.15) is 55.7 Å². The largest absolute Gasteiger partial charge is 0.508 e. The number of likely N-dealkylation sites (tertiary alicyclic amines) is 2. The van der Waals surface area contributed by atoms with Crippen molar-refractivity contribution in [3.63, 3.8) is 0 Å². The average molecular weight is 451 g/mol. The van der Waals surface area contributed by atoms with E-state index >= 15 is 0 Å². The lowest BCUT2D eigenvalue weighted by Gasteiger charge is -2.62. The molecular formula is C27H38N4O2. The van der Waals surface area contributed by atoms with Gasteiger partial charge in [0.1, 0.15) is 5.75 Å². The molecule has 2 saturated heterocycles. The van der Waals surface area contributed by atoms with Crippen LogP contribution in [0.3, 0.4) is 0 Å². The second-order valence-corrected chi connectivity index (χ2v) is 11.4. The van der Waals surface area contributed by atoms with E-state index in [4.69, 9.17) is 0 Å². The lowest BCUT2D eigenvalue weighted by Crippen LogP contribution is -2.71. The molecule has 0 radical (unpaired) electrons. The van der Waals surface area contributed by atoms with Gasteiger partial charge in [-0.25, -0.2) is 0 Å². The van der Waals surface area contributed by atoms with Crippen LogP contribution >= 0.6 is 0 Å². The van der Waals surface area contributed by atoms with Crippen LogP contribution in [0.25, 0.3) is 0 Å². The molecule has 4 atom stereocenters. The van der Waals surface area contributed by atoms with Crippen LogP contribution in [-0.2, 0) is 18.4 Å². The van der Waals surface area contributed by atoms with Crippen LogP contribution in [0.5, 0.6) is 5.75 Å². The first-order chi connectivity index (χ1) is 15.9. The van der Waals surface area contributed by atoms with Crippen molar-refractivity contribution >= 4 is 0 Å². The molecule has 6 heteroatoms. The number of nitrogens with zero attached hydrogens (tertiary/aromatic N) is 4. The molecule has 4 aliphatic rings. The van der Waals surface area contributed by atoms with Gasteiger partial charge in [-0.05, 0) is 100 Å². The van der Waals surface area contributed by atoms with Crippen molar-refractivity contribution in [2.45, 2.75) is 82.0 Å². The molecule has 1 aromatic carbocycles. The Hall–Kier alpha value is -1.89. The third-order valence-electron chi connectivity index (χ3n) is 9.29. The highest BCUT2D eigenvalue weighted by Crippen LogP contribution is 2.57. The van der Waals surface area contributed by atoms with E-state index in [2.05, 4.69) is 41.0 Å². The number of phenols is 1. The van der Waals surface area contributed by atoms with Gasteiger partial charge in [-0.15, -0.1) is 0 Å². The van der Waals surface area contributed by atoms with Gasteiger partial charge in [0.05, 0.1) is 18.3 Å². The number of fused-ring (bicyclic) bond motifs is 1. The number of hydrogen-bond acceptors (Lipinski definition) is 5. The Kier molecular flexibility index (Phi) is 5.13. The first kappa shape index (κ1) is 21.6. The normalized spacial score (nSPS) is 34.5. The molecule has 2 aromatic rings. The van der Waals surface area contributed by atoms with E-state index in [1.807, 2.05) is 23.0 Å². The van der Waals surface area contributed by atoms with Crippen molar-refractivity contribution in [2.75, 3.05) is 26.2 Å². The van der Waals surface area contributed by atoms with Gasteiger partial charge in [0, 0.05) is 36.8 Å². The van der Waals surface area contributed by atoms with Gasteiger partial charge in [0.2, 0.25) is 0 Å². The number of aromatic nitrogens is 2. The van der Waals surface area contributed by atoms with Gasteiger partial charge in [-0.3, -0.25) is 14.5 Å². The summed E-state index contributed by atoms with van der Waals surface area (Å²) in [6.45, 7) is 9.35. The highest BCUT2D eigenvalue weighted by molar-refractivity contribution is 5.48. The van der Waals surface area contributed by atoms with Gasteiger partial charge in [-0.1, -0.05) is 6.07 Å². The molecule has 2 aliphatic carbocycles. The number of rotatable bonds is 5. The third-order valence-corrected chi connectivity index (χ3v) is 9.29. The Morgan fingerprint density at radius 3 is 2.64 bits per heavy atom. The zero-order valence-electron chi connectivity index (χ0n) is 20.1. The van der Waals surface area contributed by atoms with Crippen LogP contribution in [0, 0.1) is 12.8 Å². The molecule has 3 heterocycles. The van der Waals surface area contributed by atoms with Crippen molar-refractivity contribution in [1.82, 2.24) is 19.6 Å². The molecule has 1 saturated carbocycles. The summed E-state index contributed by atoms with van der Waals surface area (Å²) in [5.41, 5.74) is 2.69. The zero-order valence-corrected chi connectivity index (χ0v) is 20.1. The Bertz CT molecular complexity index is 1030. The Balaban J connectivity index is 1.34. The Morgan fingerprint density at radius 2 is 1.91 bits per heavy atom. The van der Waals surface area contributed by atoms with E-state index in [1.165, 1.54) is 29.5 Å². The maximum absolute atomic E-state index is 12.7. The van der Waals surface area contributed by atoms with E-state index < -0.39 is 5.60 Å². The van der Waals surface area contributed by atoms with Gasteiger partial charge in [0.15, 0.2) is 0 Å². The van der Waals surface area contributed by atoms with Gasteiger partial charge in [0.25, 0.3) is 0 Å². The van der Waals surface area contributed by atoms with Gasteiger partial charge >= 0.3 is 0 Å². The SMILES string of the molecule is Cc1cnn(CCN2CCC34CCN(CC5CC5)C(Cc5ccc(O)cc53)C4(O)CC2C)c1. The van der Waals surface area contributed by atoms with Gasteiger partial charge in [-0.2, -0.15) is 5.10 Å². The number of aryl methyl sites for hydroxylation is 1. The number of piperidine rings is 1. The predicted molar refractivity (Wildman–Crippen MR) is 128 cm³/mol. The molecule has 4 unspecified atom stereocenters. The smallest absolute Gasteiger partial charge is 0.115 e. The first-order valence-electron chi connectivity index (χ1n) is 12.9. The van der Waals surface area contributed by atoms with E-state index in [0.29, 0.717) is 11.8 Å². The fourth-order valence-corrected chi connectivity index (χ4v) is 7.33. The van der Waals surface area contributed by atoms with Crippen LogP contribution in [-0.4, -0.2) is 73.7 Å². The molecule has 0 spiro atoms. The summed E-state index contributed by atoms with van der Waals surface area (Å²) in [6, 6.07) is 6.39. The molecule has 2 N–H and O–H groups in total. The molecule has 2 aliphatic heterocycles. The van der Waals surface area contributed by atoms with E-state index in [9.17, 15) is 10.2 Å². The highest BCUT2D eigenvalue weighted by Gasteiger charge is 2.64. The number of aromatic hydroxyl groups is 1. The molecular weight excluding hydrogens is 412 g/mol. The topological polar surface area (TPSA) is 64.8 Å². The molecule has 2 bridgehead atoms. The van der Waals surface area contributed by atoms with Crippen LogP contribution in [0.15, 0.2) is 30.6 Å². The lowest BCUT2D eigenvalue weighted by molar-refractivity contribution is -0.152. The third kappa shape index (κ3) is 3.53. The molecule has 178 valence electrons. The second-order valence-electron chi connectivity index (χ2n) is 11.4. The number of phenolic OH excluding ortho intramolecular Hbond substituents is 1. The Labute approximate surface area is 197 Å². The predicted octanol–water partition coefficient (Wildman–Crippen LogP) is 3.09. The van der Waals surface area contributed by atoms with E-state index in [1.54, 1.807) is 0 Å². The number of aliphatic hydroxyl groups is 1. The Morgan fingerprint density at radius 1 is 1.12 bits per heavy atom. The van der Waals surface area contributed by atoms with Gasteiger partial charge < -0.3 is 10.2 Å². The van der Waals surface area contributed by atoms with E-state index in [0.717, 1.165) is 64.3 Å². The molecule has 6 nitrogen and oxygen atoms in total. The van der Waals surface area contributed by atoms with Crippen molar-refractivity contribution < 1.29 is 10.2 Å². The maximum atomic E-state index is 12.7. The fourth-order valence-electron chi connectivity index (χ4n) is 7.33. The average Bonchev–Trinajstić information content (AvgIpc) is 3.51. The first-order valence-corrected chi connectivity index (χ1v) is 12.9. The maximum Gasteiger partial charge on any atom is 0.115 e. The molecule has 33 heavy (non-hydrogen) atoms. The summed E-state index contributed by atoms with van der Waals surface area (Å²) in [5.74, 6) is 1.15. The summed E-state index contributed by atoms with van der Waals surface area (Å²) in [6.07, 6.45) is 10.3. The standard InChI is InChI=1S/C27H38N4O2/c1-19-16-28-31(17-19)12-11-29-9-7-26-8-10-30(18-21-3-4-21)25(27(26,33)15-20(29)2)13-22-5-6-23(32)14-24(22)26/h5-6,14,16-17,20-21,25,32-33H,3-4,7-13,15,18H2,1-2H3. The fraction of sp³-hybridized carbons (Fsp3) is 0.667. The lowest BCUT2D eigenvalue weighted by atomic mass is 9.52. The van der Waals surface area contributed by atoms with Crippen molar-refractivity contribution in [2.24, 2.45) is 5.92 Å². The second kappa shape index (κ2) is 7.82. The minimum atomic E-state index is -0.766. The monoisotopic (exact) mass is 450 g/mol. The number of benzene rings is 1. The van der Waals surface area contributed by atoms with Crippen LogP contribution in [0.2, 0.25) is 0 Å². The van der Waals surface area contributed by atoms with E-state index in [-0.39, 0.29) is 11.5 Å². The summed E-state index contributed by atoms with van der Waals surface area (Å²) < 4.78 is 2.04.